The van der Waals surface area contributed by atoms with Crippen molar-refractivity contribution in [1.29, 1.82) is 0 Å². The predicted molar refractivity (Wildman–Crippen MR) is 88.8 cm³/mol. The molecule has 0 unspecified atom stereocenters. The third-order valence-electron chi connectivity index (χ3n) is 2.74. The van der Waals surface area contributed by atoms with Crippen LogP contribution in [0.2, 0.25) is 5.02 Å². The summed E-state index contributed by atoms with van der Waals surface area (Å²) in [6, 6.07) is 11.7. The third kappa shape index (κ3) is 4.97. The maximum Gasteiger partial charge on any atom is 0.427 e. The van der Waals surface area contributed by atoms with Crippen LogP contribution in [-0.2, 0) is 14.9 Å². The zero-order valence-corrected chi connectivity index (χ0v) is 14.0. The number of hydrazone groups is 1. The summed E-state index contributed by atoms with van der Waals surface area (Å²) in [4.78, 5) is 10.8. The van der Waals surface area contributed by atoms with E-state index in [2.05, 4.69) is 15.3 Å². The molecule has 0 atom stereocenters. The Balaban J connectivity index is 2.05. The highest BCUT2D eigenvalue weighted by Crippen LogP contribution is 2.20. The predicted octanol–water partition coefficient (Wildman–Crippen LogP) is 2.80. The van der Waals surface area contributed by atoms with Crippen molar-refractivity contribution in [2.24, 2.45) is 5.10 Å². The van der Waals surface area contributed by atoms with Crippen LogP contribution in [0.4, 0.5) is 4.79 Å². The molecule has 0 bridgehead atoms. The van der Waals surface area contributed by atoms with Crippen LogP contribution >= 0.6 is 11.6 Å². The molecule has 0 saturated carbocycles. The molecule has 0 saturated heterocycles. The number of nitrogens with one attached hydrogen (secondary N) is 1. The fourth-order valence-corrected chi connectivity index (χ4v) is 2.65. The maximum absolute atomic E-state index is 12.1. The van der Waals surface area contributed by atoms with Gasteiger partial charge in [-0.3, -0.25) is 0 Å². The van der Waals surface area contributed by atoms with Gasteiger partial charge in [-0.1, -0.05) is 11.6 Å². The van der Waals surface area contributed by atoms with Gasteiger partial charge in [0, 0.05) is 5.02 Å². The zero-order valence-electron chi connectivity index (χ0n) is 12.5. The van der Waals surface area contributed by atoms with Gasteiger partial charge >= 0.3 is 16.2 Å². The highest BCUT2D eigenvalue weighted by atomic mass is 35.5. The summed E-state index contributed by atoms with van der Waals surface area (Å²) in [6.45, 7) is 0. The standard InChI is InChI=1S/C15H13ClN2O5S/c1-22-15(19)18-17-10-11-2-6-13(7-3-11)23-24(20,21)14-8-4-12(16)5-9-14/h2-10H,1H3,(H,18,19)/b17-10-. The Morgan fingerprint density at radius 2 is 1.75 bits per heavy atom. The largest absolute Gasteiger partial charge is 0.452 e. The lowest BCUT2D eigenvalue weighted by Crippen LogP contribution is -2.16. The normalized spacial score (nSPS) is 11.2. The Hall–Kier alpha value is -2.58. The van der Waals surface area contributed by atoms with Crippen molar-refractivity contribution in [2.45, 2.75) is 4.90 Å². The molecule has 0 radical (unpaired) electrons. The van der Waals surface area contributed by atoms with E-state index in [9.17, 15) is 13.2 Å². The number of carbonyl (C=O) groups excluding carboxylic acids is 1. The van der Waals surface area contributed by atoms with Gasteiger partial charge in [0.25, 0.3) is 0 Å². The molecule has 0 spiro atoms. The Morgan fingerprint density at radius 3 is 2.33 bits per heavy atom. The van der Waals surface area contributed by atoms with Gasteiger partial charge in [0.15, 0.2) is 0 Å². The van der Waals surface area contributed by atoms with Crippen LogP contribution in [0.5, 0.6) is 5.75 Å². The van der Waals surface area contributed by atoms with E-state index >= 15 is 0 Å². The van der Waals surface area contributed by atoms with Gasteiger partial charge in [-0.05, 0) is 54.1 Å². The molecule has 0 heterocycles. The maximum atomic E-state index is 12.1. The number of hydrogen-bond acceptors (Lipinski definition) is 6. The number of amides is 1. The van der Waals surface area contributed by atoms with Gasteiger partial charge in [-0.2, -0.15) is 13.5 Å². The molecule has 0 aliphatic rings. The summed E-state index contributed by atoms with van der Waals surface area (Å²) in [5.74, 6) is 0.142. The first-order chi connectivity index (χ1) is 11.4. The molecule has 0 aliphatic heterocycles. The average molecular weight is 369 g/mol. The van der Waals surface area contributed by atoms with Crippen LogP contribution in [0.25, 0.3) is 0 Å². The van der Waals surface area contributed by atoms with Gasteiger partial charge in [-0.25, -0.2) is 10.2 Å². The van der Waals surface area contributed by atoms with E-state index in [0.717, 1.165) is 0 Å². The fraction of sp³-hybridized carbons (Fsp3) is 0.0667. The zero-order chi connectivity index (χ0) is 17.6. The molecule has 2 aromatic rings. The smallest absolute Gasteiger partial charge is 0.427 e. The average Bonchev–Trinajstić information content (AvgIpc) is 2.56. The van der Waals surface area contributed by atoms with Gasteiger partial charge in [0.05, 0.1) is 13.3 Å². The van der Waals surface area contributed by atoms with Crippen molar-refractivity contribution in [3.8, 4) is 5.75 Å². The van der Waals surface area contributed by atoms with Crippen molar-refractivity contribution in [3.05, 3.63) is 59.1 Å². The minimum Gasteiger partial charge on any atom is -0.452 e. The van der Waals surface area contributed by atoms with Crippen LogP contribution in [0, 0.1) is 0 Å². The van der Waals surface area contributed by atoms with Crippen molar-refractivity contribution >= 4 is 34.0 Å². The van der Waals surface area contributed by atoms with E-state index in [1.54, 1.807) is 12.1 Å². The van der Waals surface area contributed by atoms with Crippen molar-refractivity contribution in [2.75, 3.05) is 7.11 Å². The minimum absolute atomic E-state index is 0.000169. The summed E-state index contributed by atoms with van der Waals surface area (Å²) >= 11 is 5.73. The molecule has 2 aromatic carbocycles. The van der Waals surface area contributed by atoms with E-state index in [-0.39, 0.29) is 10.6 Å². The fourth-order valence-electron chi connectivity index (χ4n) is 1.59. The van der Waals surface area contributed by atoms with Crippen molar-refractivity contribution < 1.29 is 22.1 Å². The van der Waals surface area contributed by atoms with Crippen molar-refractivity contribution in [3.63, 3.8) is 0 Å². The van der Waals surface area contributed by atoms with Crippen molar-refractivity contribution in [1.82, 2.24) is 5.43 Å². The molecule has 2 rings (SSSR count). The Bertz CT molecular complexity index is 833. The highest BCUT2D eigenvalue weighted by Gasteiger charge is 2.16. The van der Waals surface area contributed by atoms with E-state index in [1.165, 1.54) is 49.7 Å². The number of carbonyl (C=O) groups is 1. The first kappa shape index (κ1) is 17.8. The first-order valence-corrected chi connectivity index (χ1v) is 8.36. The quantitative estimate of drug-likeness (QED) is 0.497. The monoisotopic (exact) mass is 368 g/mol. The summed E-state index contributed by atoms with van der Waals surface area (Å²) in [6.07, 6.45) is 0.675. The molecule has 24 heavy (non-hydrogen) atoms. The minimum atomic E-state index is -3.94. The highest BCUT2D eigenvalue weighted by molar-refractivity contribution is 7.87. The number of rotatable bonds is 5. The molecular weight excluding hydrogens is 356 g/mol. The summed E-state index contributed by atoms with van der Waals surface area (Å²) < 4.78 is 33.6. The van der Waals surface area contributed by atoms with E-state index in [0.29, 0.717) is 10.6 Å². The lowest BCUT2D eigenvalue weighted by atomic mass is 10.2. The summed E-state index contributed by atoms with van der Waals surface area (Å²) in [7, 11) is -2.72. The van der Waals surface area contributed by atoms with Crippen LogP contribution in [0.3, 0.4) is 0 Å². The topological polar surface area (TPSA) is 94.1 Å². The lowest BCUT2D eigenvalue weighted by Gasteiger charge is -2.07. The Morgan fingerprint density at radius 1 is 1.12 bits per heavy atom. The van der Waals surface area contributed by atoms with Gasteiger partial charge in [-0.15, -0.1) is 0 Å². The number of methoxy groups -OCH3 is 1. The second kappa shape index (κ2) is 7.80. The van der Waals surface area contributed by atoms with E-state index < -0.39 is 16.2 Å². The molecule has 0 aliphatic carbocycles. The second-order valence-corrected chi connectivity index (χ2v) is 6.40. The van der Waals surface area contributed by atoms with Crippen LogP contribution < -0.4 is 9.61 Å². The molecular formula is C15H13ClN2O5S. The second-order valence-electron chi connectivity index (χ2n) is 4.42. The number of halogens is 1. The molecule has 1 N–H and O–H groups in total. The summed E-state index contributed by atoms with van der Waals surface area (Å²) in [5, 5.41) is 4.08. The van der Waals surface area contributed by atoms with Gasteiger partial charge < -0.3 is 8.92 Å². The number of ether oxygens (including phenoxy) is 1. The molecule has 0 fully saturated rings. The number of benzene rings is 2. The summed E-state index contributed by atoms with van der Waals surface area (Å²) in [5.41, 5.74) is 2.76. The van der Waals surface area contributed by atoms with E-state index in [4.69, 9.17) is 15.8 Å². The van der Waals surface area contributed by atoms with Gasteiger partial charge in [0.2, 0.25) is 0 Å². The first-order valence-electron chi connectivity index (χ1n) is 6.58. The van der Waals surface area contributed by atoms with Crippen LogP contribution in [-0.4, -0.2) is 27.8 Å². The molecule has 126 valence electrons. The van der Waals surface area contributed by atoms with Crippen LogP contribution in [0.1, 0.15) is 5.56 Å². The lowest BCUT2D eigenvalue weighted by molar-refractivity contribution is 0.171. The molecule has 0 aromatic heterocycles. The van der Waals surface area contributed by atoms with E-state index in [1.807, 2.05) is 0 Å². The number of nitrogens with zero attached hydrogens (tertiary/aromatic N) is 1. The Kier molecular flexibility index (Phi) is 5.78. The third-order valence-corrected chi connectivity index (χ3v) is 4.26. The van der Waals surface area contributed by atoms with Crippen LogP contribution in [0.15, 0.2) is 58.5 Å². The molecule has 1 amide bonds. The SMILES string of the molecule is COC(=O)N/N=C\c1ccc(OS(=O)(=O)c2ccc(Cl)cc2)cc1. The van der Waals surface area contributed by atoms with Gasteiger partial charge in [0.1, 0.15) is 10.6 Å². The molecule has 7 nitrogen and oxygen atoms in total. The molecule has 9 heteroatoms. The Labute approximate surface area is 144 Å². The number of hydrogen-bond donors (Lipinski definition) is 1.